The first kappa shape index (κ1) is 20.3. The van der Waals surface area contributed by atoms with Crippen molar-refractivity contribution in [1.82, 2.24) is 19.7 Å². The van der Waals surface area contributed by atoms with Crippen molar-refractivity contribution in [2.24, 2.45) is 5.92 Å². The minimum Gasteiger partial charge on any atom is -0.494 e. The van der Waals surface area contributed by atoms with Gasteiger partial charge in [0.25, 0.3) is 5.69 Å². The molecule has 3 aromatic rings. The fraction of sp³-hybridized carbons (Fsp3) is 0.300. The van der Waals surface area contributed by atoms with Crippen LogP contribution in [0.4, 0.5) is 17.2 Å². The monoisotopic (exact) mass is 423 g/mol. The van der Waals surface area contributed by atoms with Crippen molar-refractivity contribution >= 4 is 23.1 Å². The molecule has 1 aliphatic heterocycles. The first-order valence-corrected chi connectivity index (χ1v) is 9.75. The van der Waals surface area contributed by atoms with Gasteiger partial charge in [-0.05, 0) is 25.0 Å². The van der Waals surface area contributed by atoms with E-state index in [9.17, 15) is 14.9 Å². The van der Waals surface area contributed by atoms with E-state index in [1.807, 2.05) is 12.1 Å². The predicted octanol–water partition coefficient (Wildman–Crippen LogP) is 2.43. The fourth-order valence-corrected chi connectivity index (χ4v) is 3.57. The van der Waals surface area contributed by atoms with E-state index in [4.69, 9.17) is 4.74 Å². The Labute approximate surface area is 177 Å². The summed E-state index contributed by atoms with van der Waals surface area (Å²) in [6.07, 6.45) is 6.52. The van der Waals surface area contributed by atoms with Gasteiger partial charge in [0.1, 0.15) is 17.9 Å². The molecule has 0 radical (unpaired) electrons. The summed E-state index contributed by atoms with van der Waals surface area (Å²) < 4.78 is 6.86. The molecule has 2 aromatic heterocycles. The van der Waals surface area contributed by atoms with E-state index in [0.29, 0.717) is 18.1 Å². The van der Waals surface area contributed by atoms with Crippen molar-refractivity contribution in [1.29, 1.82) is 0 Å². The van der Waals surface area contributed by atoms with E-state index in [2.05, 4.69) is 25.3 Å². The van der Waals surface area contributed by atoms with Crippen LogP contribution in [0.2, 0.25) is 0 Å². The molecule has 0 spiro atoms. The number of carbonyl (C=O) groups excluding carboxylic acids is 1. The highest BCUT2D eigenvalue weighted by Crippen LogP contribution is 2.30. The van der Waals surface area contributed by atoms with Gasteiger partial charge < -0.3 is 15.0 Å². The second-order valence-corrected chi connectivity index (χ2v) is 7.10. The highest BCUT2D eigenvalue weighted by atomic mass is 16.6. The van der Waals surface area contributed by atoms with Crippen LogP contribution in [0.5, 0.6) is 5.75 Å². The van der Waals surface area contributed by atoms with Crippen LogP contribution in [0.15, 0.2) is 49.1 Å². The Morgan fingerprint density at radius 1 is 1.29 bits per heavy atom. The molecule has 1 aromatic carbocycles. The van der Waals surface area contributed by atoms with Gasteiger partial charge in [0.2, 0.25) is 5.91 Å². The van der Waals surface area contributed by atoms with Crippen molar-refractivity contribution in [3.63, 3.8) is 0 Å². The second kappa shape index (κ2) is 8.78. The van der Waals surface area contributed by atoms with Crippen LogP contribution in [0.25, 0.3) is 5.82 Å². The van der Waals surface area contributed by atoms with Gasteiger partial charge in [-0.1, -0.05) is 0 Å². The number of anilines is 2. The number of methoxy groups -OCH3 is 1. The van der Waals surface area contributed by atoms with Crippen molar-refractivity contribution in [2.75, 3.05) is 30.4 Å². The van der Waals surface area contributed by atoms with Gasteiger partial charge in [0.15, 0.2) is 5.82 Å². The number of carbonyl (C=O) groups is 1. The maximum atomic E-state index is 12.9. The molecule has 1 unspecified atom stereocenters. The van der Waals surface area contributed by atoms with Gasteiger partial charge in [-0.2, -0.15) is 5.10 Å². The van der Waals surface area contributed by atoms with Crippen LogP contribution < -0.4 is 15.0 Å². The third-order valence-corrected chi connectivity index (χ3v) is 5.15. The van der Waals surface area contributed by atoms with Crippen molar-refractivity contribution < 1.29 is 14.5 Å². The van der Waals surface area contributed by atoms with Gasteiger partial charge >= 0.3 is 0 Å². The van der Waals surface area contributed by atoms with Crippen LogP contribution in [0, 0.1) is 16.0 Å². The molecule has 3 heterocycles. The molecule has 0 bridgehead atoms. The SMILES string of the molecule is COc1cc([N+](=O)[O-])ccc1NC(=O)C1CCCN(c2cc(-n3cccn3)ncn2)C1. The highest BCUT2D eigenvalue weighted by Gasteiger charge is 2.27. The third kappa shape index (κ3) is 4.44. The highest BCUT2D eigenvalue weighted by molar-refractivity contribution is 5.94. The molecule has 0 aliphatic carbocycles. The summed E-state index contributed by atoms with van der Waals surface area (Å²) in [6.45, 7) is 1.27. The lowest BCUT2D eigenvalue weighted by molar-refractivity contribution is -0.384. The Kier molecular flexibility index (Phi) is 5.74. The Morgan fingerprint density at radius 2 is 2.13 bits per heavy atom. The third-order valence-electron chi connectivity index (χ3n) is 5.15. The topological polar surface area (TPSA) is 128 Å². The Balaban J connectivity index is 1.47. The number of hydrogen-bond acceptors (Lipinski definition) is 8. The lowest BCUT2D eigenvalue weighted by atomic mass is 9.97. The van der Waals surface area contributed by atoms with Crippen molar-refractivity contribution in [2.45, 2.75) is 12.8 Å². The van der Waals surface area contributed by atoms with E-state index < -0.39 is 4.92 Å². The summed E-state index contributed by atoms with van der Waals surface area (Å²) in [5, 5.41) is 18.0. The average molecular weight is 423 g/mol. The first-order chi connectivity index (χ1) is 15.0. The lowest BCUT2D eigenvalue weighted by Crippen LogP contribution is -2.41. The van der Waals surface area contributed by atoms with Crippen LogP contribution in [0.3, 0.4) is 0 Å². The summed E-state index contributed by atoms with van der Waals surface area (Å²) >= 11 is 0. The number of nitrogens with zero attached hydrogens (tertiary/aromatic N) is 6. The first-order valence-electron chi connectivity index (χ1n) is 9.75. The molecule has 11 heteroatoms. The van der Waals surface area contributed by atoms with Crippen LogP contribution >= 0.6 is 0 Å². The minimum atomic E-state index is -0.508. The minimum absolute atomic E-state index is 0.101. The number of nitrogens with one attached hydrogen (secondary N) is 1. The number of non-ortho nitro benzene ring substituents is 1. The molecule has 1 atom stereocenters. The summed E-state index contributed by atoms with van der Waals surface area (Å²) in [5.41, 5.74) is 0.300. The molecule has 1 fully saturated rings. The summed E-state index contributed by atoms with van der Waals surface area (Å²) in [4.78, 5) is 34.0. The zero-order valence-electron chi connectivity index (χ0n) is 16.8. The van der Waals surface area contributed by atoms with Gasteiger partial charge in [-0.15, -0.1) is 0 Å². The van der Waals surface area contributed by atoms with Crippen LogP contribution in [-0.4, -0.2) is 50.8 Å². The number of benzene rings is 1. The van der Waals surface area contributed by atoms with E-state index in [-0.39, 0.29) is 23.3 Å². The predicted molar refractivity (Wildman–Crippen MR) is 112 cm³/mol. The van der Waals surface area contributed by atoms with Crippen molar-refractivity contribution in [3.8, 4) is 11.6 Å². The van der Waals surface area contributed by atoms with Crippen LogP contribution in [-0.2, 0) is 4.79 Å². The van der Waals surface area contributed by atoms with E-state index in [1.54, 1.807) is 17.1 Å². The Morgan fingerprint density at radius 3 is 2.87 bits per heavy atom. The smallest absolute Gasteiger partial charge is 0.273 e. The number of ether oxygens (including phenoxy) is 1. The zero-order valence-corrected chi connectivity index (χ0v) is 16.8. The number of piperidine rings is 1. The number of nitro groups is 1. The van der Waals surface area contributed by atoms with Crippen LogP contribution in [0.1, 0.15) is 12.8 Å². The normalized spacial score (nSPS) is 16.0. The molecule has 1 saturated heterocycles. The standard InChI is InChI=1S/C20H21N7O4/c1-31-17-10-15(27(29)30)5-6-16(17)24-20(28)14-4-2-8-25(12-14)18-11-19(22-13-21-18)26-9-3-7-23-26/h3,5-7,9-11,13-14H,2,4,8,12H2,1H3,(H,24,28). The van der Waals surface area contributed by atoms with Gasteiger partial charge in [0.05, 0.1) is 29.7 Å². The maximum Gasteiger partial charge on any atom is 0.273 e. The molecular weight excluding hydrogens is 402 g/mol. The molecule has 160 valence electrons. The fourth-order valence-electron chi connectivity index (χ4n) is 3.57. The Bertz CT molecular complexity index is 1090. The maximum absolute atomic E-state index is 12.9. The molecule has 31 heavy (non-hydrogen) atoms. The number of amides is 1. The summed E-state index contributed by atoms with van der Waals surface area (Å²) in [6, 6.07) is 7.77. The number of aromatic nitrogens is 4. The van der Waals surface area contributed by atoms with E-state index >= 15 is 0 Å². The number of rotatable bonds is 6. The lowest BCUT2D eigenvalue weighted by Gasteiger charge is -2.33. The second-order valence-electron chi connectivity index (χ2n) is 7.10. The molecule has 11 nitrogen and oxygen atoms in total. The number of nitro benzene ring substituents is 1. The summed E-state index contributed by atoms with van der Waals surface area (Å²) in [7, 11) is 1.41. The molecule has 1 amide bonds. The molecule has 0 saturated carbocycles. The largest absolute Gasteiger partial charge is 0.494 e. The van der Waals surface area contributed by atoms with E-state index in [1.165, 1.54) is 31.6 Å². The van der Waals surface area contributed by atoms with Gasteiger partial charge in [0, 0.05) is 37.6 Å². The Hall–Kier alpha value is -4.02. The van der Waals surface area contributed by atoms with Crippen molar-refractivity contribution in [3.05, 3.63) is 59.2 Å². The number of hydrogen-bond donors (Lipinski definition) is 1. The average Bonchev–Trinajstić information content (AvgIpc) is 3.34. The molecular formula is C20H21N7O4. The molecule has 4 rings (SSSR count). The van der Waals surface area contributed by atoms with E-state index in [0.717, 1.165) is 25.2 Å². The zero-order chi connectivity index (χ0) is 21.8. The molecule has 1 N–H and O–H groups in total. The van der Waals surface area contributed by atoms with Gasteiger partial charge in [-0.25, -0.2) is 14.6 Å². The molecule has 1 aliphatic rings. The quantitative estimate of drug-likeness (QED) is 0.473. The summed E-state index contributed by atoms with van der Waals surface area (Å²) in [5.74, 6) is 1.19. The van der Waals surface area contributed by atoms with Gasteiger partial charge in [-0.3, -0.25) is 14.9 Å².